The van der Waals surface area contributed by atoms with Gasteiger partial charge in [-0.25, -0.2) is 15.0 Å². The predicted octanol–water partition coefficient (Wildman–Crippen LogP) is 2.13. The fourth-order valence-electron chi connectivity index (χ4n) is 6.32. The summed E-state index contributed by atoms with van der Waals surface area (Å²) in [5.41, 5.74) is 0.858. The van der Waals surface area contributed by atoms with Crippen molar-refractivity contribution in [2.75, 3.05) is 0 Å². The lowest BCUT2D eigenvalue weighted by molar-refractivity contribution is -0.0449. The Morgan fingerprint density at radius 2 is 1.57 bits per heavy atom. The molecule has 2 aromatic heterocycles. The van der Waals surface area contributed by atoms with Crippen LogP contribution < -0.4 is 10.6 Å². The predicted molar refractivity (Wildman–Crippen MR) is 109 cm³/mol. The van der Waals surface area contributed by atoms with Crippen LogP contribution in [0.3, 0.4) is 0 Å². The largest absolute Gasteiger partial charge is 0.345 e. The Hall–Kier alpha value is -2.90. The first-order valence-corrected chi connectivity index (χ1v) is 10.6. The van der Waals surface area contributed by atoms with Crippen LogP contribution in [-0.2, 0) is 0 Å². The van der Waals surface area contributed by atoms with E-state index in [9.17, 15) is 9.59 Å². The lowest BCUT2D eigenvalue weighted by atomic mass is 9.49. The summed E-state index contributed by atoms with van der Waals surface area (Å²) in [6, 6.07) is 1.65. The van der Waals surface area contributed by atoms with Gasteiger partial charge in [0, 0.05) is 23.5 Å². The number of rotatable bonds is 4. The molecule has 4 aliphatic rings. The second kappa shape index (κ2) is 6.82. The van der Waals surface area contributed by atoms with Crippen LogP contribution in [0.4, 0.5) is 0 Å². The average molecular weight is 406 g/mol. The molecule has 4 saturated carbocycles. The van der Waals surface area contributed by atoms with Crippen molar-refractivity contribution in [3.8, 4) is 0 Å². The Kier molecular flexibility index (Phi) is 4.34. The Morgan fingerprint density at radius 3 is 2.17 bits per heavy atom. The Bertz CT molecular complexity index is 931. The number of hydrogen-bond donors (Lipinski definition) is 2. The third kappa shape index (κ3) is 3.44. The van der Waals surface area contributed by atoms with E-state index in [1.165, 1.54) is 12.6 Å². The highest BCUT2D eigenvalue weighted by molar-refractivity contribution is 5.93. The number of aryl methyl sites for hydroxylation is 2. The number of nitrogens with one attached hydrogen (secondary N) is 2. The van der Waals surface area contributed by atoms with Crippen molar-refractivity contribution in [3.05, 3.63) is 47.6 Å². The van der Waals surface area contributed by atoms with Gasteiger partial charge < -0.3 is 10.6 Å². The molecule has 8 nitrogen and oxygen atoms in total. The first-order valence-electron chi connectivity index (χ1n) is 10.6. The zero-order valence-electron chi connectivity index (χ0n) is 17.3. The molecule has 0 aromatic carbocycles. The summed E-state index contributed by atoms with van der Waals surface area (Å²) < 4.78 is 0. The molecule has 2 unspecified atom stereocenters. The van der Waals surface area contributed by atoms with Crippen LogP contribution in [0, 0.1) is 25.7 Å². The first kappa shape index (κ1) is 19.1. The number of amides is 2. The van der Waals surface area contributed by atoms with Gasteiger partial charge in [0.15, 0.2) is 0 Å². The van der Waals surface area contributed by atoms with Crippen LogP contribution in [0.5, 0.6) is 0 Å². The summed E-state index contributed by atoms with van der Waals surface area (Å²) in [7, 11) is 0. The Balaban J connectivity index is 1.38. The van der Waals surface area contributed by atoms with Gasteiger partial charge in [-0.3, -0.25) is 14.6 Å². The molecule has 4 aliphatic carbocycles. The average Bonchev–Trinajstić information content (AvgIpc) is 2.66. The fourth-order valence-corrected chi connectivity index (χ4v) is 6.32. The van der Waals surface area contributed by atoms with Gasteiger partial charge in [-0.15, -0.1) is 0 Å². The number of carbonyl (C=O) groups is 2. The van der Waals surface area contributed by atoms with Crippen LogP contribution in [-0.4, -0.2) is 42.8 Å². The quantitative estimate of drug-likeness (QED) is 0.805. The molecule has 6 rings (SSSR count). The molecule has 2 amide bonds. The van der Waals surface area contributed by atoms with Gasteiger partial charge in [0.1, 0.15) is 17.2 Å². The molecule has 0 spiro atoms. The van der Waals surface area contributed by atoms with Crippen LogP contribution in [0.2, 0.25) is 0 Å². The molecule has 4 fully saturated rings. The summed E-state index contributed by atoms with van der Waals surface area (Å²) in [5.74, 6) is 1.25. The smallest absolute Gasteiger partial charge is 0.271 e. The molecule has 2 aromatic rings. The van der Waals surface area contributed by atoms with E-state index >= 15 is 0 Å². The van der Waals surface area contributed by atoms with Crippen molar-refractivity contribution in [2.45, 2.75) is 63.5 Å². The van der Waals surface area contributed by atoms with E-state index in [1.54, 1.807) is 25.4 Å². The minimum absolute atomic E-state index is 0.159. The van der Waals surface area contributed by atoms with Gasteiger partial charge in [0.2, 0.25) is 0 Å². The number of carbonyl (C=O) groups excluding carboxylic acids is 2. The molecule has 30 heavy (non-hydrogen) atoms. The molecule has 2 heterocycles. The molecule has 8 heteroatoms. The van der Waals surface area contributed by atoms with Gasteiger partial charge in [-0.2, -0.15) is 0 Å². The van der Waals surface area contributed by atoms with Gasteiger partial charge in [-0.1, -0.05) is 0 Å². The van der Waals surface area contributed by atoms with Crippen LogP contribution in [0.25, 0.3) is 0 Å². The zero-order valence-corrected chi connectivity index (χ0v) is 17.3. The van der Waals surface area contributed by atoms with E-state index in [1.807, 2.05) is 6.92 Å². The molecule has 0 aliphatic heterocycles. The standard InChI is InChI=1S/C22H26N6O2/c1-13-10-23-11-18(25-13)20(30)28-22-8-15-5-16(9-22)7-21(6-15,12-22)27-19(29)17-3-4-24-14(2)26-17/h3-4,10-11,15-16H,5-9,12H2,1-2H3,(H,27,29)(H,28,30). The summed E-state index contributed by atoms with van der Waals surface area (Å²) in [6.07, 6.45) is 10.5. The normalized spacial score (nSPS) is 31.4. The Labute approximate surface area is 175 Å². The van der Waals surface area contributed by atoms with Crippen LogP contribution in [0.1, 0.15) is 71.0 Å². The molecule has 0 radical (unpaired) electrons. The van der Waals surface area contributed by atoms with Gasteiger partial charge in [0.05, 0.1) is 11.9 Å². The monoisotopic (exact) mass is 406 g/mol. The Morgan fingerprint density at radius 1 is 0.933 bits per heavy atom. The third-order valence-electron chi connectivity index (χ3n) is 6.81. The second-order valence-electron chi connectivity index (χ2n) is 9.46. The summed E-state index contributed by atoms with van der Waals surface area (Å²) in [4.78, 5) is 42.7. The molecular formula is C22H26N6O2. The maximum atomic E-state index is 13.0. The second-order valence-corrected chi connectivity index (χ2v) is 9.46. The minimum Gasteiger partial charge on any atom is -0.345 e. The highest BCUT2D eigenvalue weighted by Crippen LogP contribution is 2.57. The van der Waals surface area contributed by atoms with E-state index in [0.717, 1.165) is 37.8 Å². The van der Waals surface area contributed by atoms with E-state index in [0.29, 0.717) is 29.0 Å². The van der Waals surface area contributed by atoms with E-state index in [4.69, 9.17) is 0 Å². The third-order valence-corrected chi connectivity index (χ3v) is 6.81. The van der Waals surface area contributed by atoms with Crippen molar-refractivity contribution in [1.29, 1.82) is 0 Å². The number of nitrogens with zero attached hydrogens (tertiary/aromatic N) is 4. The fraction of sp³-hybridized carbons (Fsp3) is 0.545. The molecule has 4 bridgehead atoms. The van der Waals surface area contributed by atoms with Crippen molar-refractivity contribution in [2.24, 2.45) is 11.8 Å². The van der Waals surface area contributed by atoms with E-state index in [-0.39, 0.29) is 22.9 Å². The molecule has 0 saturated heterocycles. The maximum Gasteiger partial charge on any atom is 0.271 e. The number of aromatic nitrogens is 4. The van der Waals surface area contributed by atoms with Crippen LogP contribution in [0.15, 0.2) is 24.7 Å². The highest BCUT2D eigenvalue weighted by Gasteiger charge is 2.58. The molecule has 2 N–H and O–H groups in total. The van der Waals surface area contributed by atoms with Crippen LogP contribution >= 0.6 is 0 Å². The van der Waals surface area contributed by atoms with E-state index in [2.05, 4.69) is 30.6 Å². The lowest BCUT2D eigenvalue weighted by Crippen LogP contribution is -2.70. The molecular weight excluding hydrogens is 380 g/mol. The number of hydrogen-bond acceptors (Lipinski definition) is 6. The van der Waals surface area contributed by atoms with Gasteiger partial charge in [-0.05, 0) is 70.3 Å². The summed E-state index contributed by atoms with van der Waals surface area (Å²) in [5, 5.41) is 6.60. The SMILES string of the molecule is Cc1cncc(C(=O)NC23CC4CC(C2)CC(NC(=O)c2ccnc(C)n2)(C4)C3)n1. The first-order chi connectivity index (χ1) is 14.3. The van der Waals surface area contributed by atoms with Gasteiger partial charge >= 0.3 is 0 Å². The molecule has 2 atom stereocenters. The highest BCUT2D eigenvalue weighted by atomic mass is 16.2. The van der Waals surface area contributed by atoms with Crippen molar-refractivity contribution in [1.82, 2.24) is 30.6 Å². The maximum absolute atomic E-state index is 13.0. The summed E-state index contributed by atoms with van der Waals surface area (Å²) >= 11 is 0. The zero-order chi connectivity index (χ0) is 20.9. The van der Waals surface area contributed by atoms with Gasteiger partial charge in [0.25, 0.3) is 11.8 Å². The molecule has 156 valence electrons. The van der Waals surface area contributed by atoms with Crippen molar-refractivity contribution >= 4 is 11.8 Å². The van der Waals surface area contributed by atoms with Crippen molar-refractivity contribution < 1.29 is 9.59 Å². The topological polar surface area (TPSA) is 110 Å². The van der Waals surface area contributed by atoms with E-state index < -0.39 is 0 Å². The van der Waals surface area contributed by atoms with Crippen molar-refractivity contribution in [3.63, 3.8) is 0 Å². The lowest BCUT2D eigenvalue weighted by Gasteiger charge is -2.62. The minimum atomic E-state index is -0.304. The summed E-state index contributed by atoms with van der Waals surface area (Å²) in [6.45, 7) is 3.61.